The van der Waals surface area contributed by atoms with Crippen molar-refractivity contribution >= 4 is 39.8 Å². The SMILES string of the molecule is Fc1ccccc1/C(=C/Cl)c1ccccc1I. The molecule has 0 unspecified atom stereocenters. The third-order valence-corrected chi connectivity index (χ3v) is 3.60. The molecule has 3 heteroatoms. The Morgan fingerprint density at radius 1 is 1.00 bits per heavy atom. The Kier molecular flexibility index (Phi) is 4.18. The molecule has 0 N–H and O–H groups in total. The normalized spacial score (nSPS) is 11.6. The van der Waals surface area contributed by atoms with Gasteiger partial charge in [-0.3, -0.25) is 0 Å². The molecular weight excluding hydrogens is 350 g/mol. The molecular formula is C14H9ClFI. The highest BCUT2D eigenvalue weighted by Gasteiger charge is 2.11. The fourth-order valence-corrected chi connectivity index (χ4v) is 2.53. The zero-order valence-corrected chi connectivity index (χ0v) is 11.7. The van der Waals surface area contributed by atoms with Gasteiger partial charge in [0.25, 0.3) is 0 Å². The first-order valence-electron chi connectivity index (χ1n) is 5.04. The van der Waals surface area contributed by atoms with Crippen LogP contribution in [-0.2, 0) is 0 Å². The molecule has 0 fully saturated rings. The highest BCUT2D eigenvalue weighted by Crippen LogP contribution is 2.29. The molecule has 0 aromatic heterocycles. The van der Waals surface area contributed by atoms with E-state index in [0.717, 1.165) is 9.13 Å². The summed E-state index contributed by atoms with van der Waals surface area (Å²) in [6.07, 6.45) is 0. The quantitative estimate of drug-likeness (QED) is 0.658. The first-order chi connectivity index (χ1) is 8.24. The molecule has 0 spiro atoms. The smallest absolute Gasteiger partial charge is 0.131 e. The van der Waals surface area contributed by atoms with Gasteiger partial charge < -0.3 is 0 Å². The summed E-state index contributed by atoms with van der Waals surface area (Å²) in [5.74, 6) is -0.265. The highest BCUT2D eigenvalue weighted by atomic mass is 127. The van der Waals surface area contributed by atoms with E-state index in [0.29, 0.717) is 11.1 Å². The van der Waals surface area contributed by atoms with Gasteiger partial charge in [0.05, 0.1) is 0 Å². The van der Waals surface area contributed by atoms with Gasteiger partial charge in [-0.1, -0.05) is 48.0 Å². The van der Waals surface area contributed by atoms with Crippen molar-refractivity contribution in [1.82, 2.24) is 0 Å². The summed E-state index contributed by atoms with van der Waals surface area (Å²) in [6.45, 7) is 0. The lowest BCUT2D eigenvalue weighted by Crippen LogP contribution is -1.93. The lowest BCUT2D eigenvalue weighted by molar-refractivity contribution is 0.624. The van der Waals surface area contributed by atoms with E-state index in [4.69, 9.17) is 11.6 Å². The van der Waals surface area contributed by atoms with Crippen LogP contribution in [0.4, 0.5) is 4.39 Å². The Balaban J connectivity index is 2.57. The van der Waals surface area contributed by atoms with Crippen LogP contribution in [0.1, 0.15) is 11.1 Å². The first kappa shape index (κ1) is 12.6. The highest BCUT2D eigenvalue weighted by molar-refractivity contribution is 14.1. The average Bonchev–Trinajstić information content (AvgIpc) is 2.34. The summed E-state index contributed by atoms with van der Waals surface area (Å²) >= 11 is 8.06. The Morgan fingerprint density at radius 2 is 1.59 bits per heavy atom. The van der Waals surface area contributed by atoms with Crippen molar-refractivity contribution in [2.75, 3.05) is 0 Å². The summed E-state index contributed by atoms with van der Waals surface area (Å²) in [6, 6.07) is 14.4. The zero-order valence-electron chi connectivity index (χ0n) is 8.83. The van der Waals surface area contributed by atoms with Gasteiger partial charge in [-0.2, -0.15) is 0 Å². The second-order valence-corrected chi connectivity index (χ2v) is 4.86. The second kappa shape index (κ2) is 5.65. The number of benzene rings is 2. The van der Waals surface area contributed by atoms with Crippen LogP contribution in [0, 0.1) is 9.39 Å². The van der Waals surface area contributed by atoms with Crippen molar-refractivity contribution in [3.05, 3.63) is 74.6 Å². The maximum Gasteiger partial charge on any atom is 0.131 e. The molecule has 0 aliphatic rings. The van der Waals surface area contributed by atoms with Crippen molar-refractivity contribution in [3.8, 4) is 0 Å². The molecule has 2 aromatic rings. The number of hydrogen-bond acceptors (Lipinski definition) is 0. The van der Waals surface area contributed by atoms with Gasteiger partial charge in [0, 0.05) is 20.2 Å². The van der Waals surface area contributed by atoms with Gasteiger partial charge in [0.1, 0.15) is 5.82 Å². The van der Waals surface area contributed by atoms with Gasteiger partial charge in [-0.05, 0) is 40.3 Å². The van der Waals surface area contributed by atoms with Crippen LogP contribution in [0.15, 0.2) is 54.1 Å². The van der Waals surface area contributed by atoms with E-state index in [-0.39, 0.29) is 5.82 Å². The van der Waals surface area contributed by atoms with Crippen LogP contribution in [0.5, 0.6) is 0 Å². The second-order valence-electron chi connectivity index (χ2n) is 3.48. The Hall–Kier alpha value is -0.870. The van der Waals surface area contributed by atoms with Crippen LogP contribution in [0.25, 0.3) is 5.57 Å². The Labute approximate surface area is 118 Å². The molecule has 0 heterocycles. The molecule has 0 saturated carbocycles. The van der Waals surface area contributed by atoms with Crippen molar-refractivity contribution in [2.45, 2.75) is 0 Å². The summed E-state index contributed by atoms with van der Waals surface area (Å²) in [4.78, 5) is 0. The van der Waals surface area contributed by atoms with Crippen LogP contribution in [-0.4, -0.2) is 0 Å². The lowest BCUT2D eigenvalue weighted by atomic mass is 9.99. The third kappa shape index (κ3) is 2.69. The molecule has 0 atom stereocenters. The summed E-state index contributed by atoms with van der Waals surface area (Å²) in [5.41, 5.74) is 3.59. The van der Waals surface area contributed by atoms with Crippen LogP contribution >= 0.6 is 34.2 Å². The van der Waals surface area contributed by atoms with Crippen LogP contribution < -0.4 is 0 Å². The van der Waals surface area contributed by atoms with E-state index in [1.807, 2.05) is 24.3 Å². The molecule has 0 radical (unpaired) electrons. The van der Waals surface area contributed by atoms with Crippen molar-refractivity contribution in [1.29, 1.82) is 0 Å². The van der Waals surface area contributed by atoms with Gasteiger partial charge in [-0.25, -0.2) is 4.39 Å². The van der Waals surface area contributed by atoms with Crippen molar-refractivity contribution in [2.24, 2.45) is 0 Å². The molecule has 0 saturated heterocycles. The van der Waals surface area contributed by atoms with Gasteiger partial charge in [0.2, 0.25) is 0 Å². The molecule has 0 bridgehead atoms. The largest absolute Gasteiger partial charge is 0.206 e. The van der Waals surface area contributed by atoms with Crippen molar-refractivity contribution < 1.29 is 4.39 Å². The minimum atomic E-state index is -0.265. The standard InChI is InChI=1S/C14H9ClFI/c15-9-12(10-5-1-3-7-13(10)16)11-6-2-4-8-14(11)17/h1-9H/b12-9-. The predicted octanol–water partition coefficient (Wildman–Crippen LogP) is 5.06. The maximum absolute atomic E-state index is 13.7. The molecule has 86 valence electrons. The fraction of sp³-hybridized carbons (Fsp3) is 0. The lowest BCUT2D eigenvalue weighted by Gasteiger charge is -2.10. The fourth-order valence-electron chi connectivity index (χ4n) is 1.62. The molecule has 17 heavy (non-hydrogen) atoms. The van der Waals surface area contributed by atoms with Gasteiger partial charge >= 0.3 is 0 Å². The Bertz CT molecular complexity index is 516. The molecule has 0 aliphatic heterocycles. The first-order valence-corrected chi connectivity index (χ1v) is 6.55. The predicted molar refractivity (Wildman–Crippen MR) is 78.5 cm³/mol. The maximum atomic E-state index is 13.7. The van der Waals surface area contributed by atoms with E-state index in [9.17, 15) is 4.39 Å². The average molecular weight is 359 g/mol. The minimum Gasteiger partial charge on any atom is -0.206 e. The molecule has 2 rings (SSSR count). The number of hydrogen-bond donors (Lipinski definition) is 0. The topological polar surface area (TPSA) is 0 Å². The summed E-state index contributed by atoms with van der Waals surface area (Å²) in [5, 5.41) is 0. The van der Waals surface area contributed by atoms with Gasteiger partial charge in [-0.15, -0.1) is 0 Å². The number of rotatable bonds is 2. The zero-order chi connectivity index (χ0) is 12.3. The van der Waals surface area contributed by atoms with Gasteiger partial charge in [0.15, 0.2) is 0 Å². The minimum absolute atomic E-state index is 0.265. The van der Waals surface area contributed by atoms with Crippen LogP contribution in [0.2, 0.25) is 0 Å². The van der Waals surface area contributed by atoms with E-state index in [1.54, 1.807) is 18.2 Å². The Morgan fingerprint density at radius 3 is 2.18 bits per heavy atom. The van der Waals surface area contributed by atoms with Crippen LogP contribution in [0.3, 0.4) is 0 Å². The third-order valence-electron chi connectivity index (χ3n) is 2.44. The number of halogens is 3. The van der Waals surface area contributed by atoms with E-state index in [1.165, 1.54) is 11.6 Å². The van der Waals surface area contributed by atoms with E-state index in [2.05, 4.69) is 22.6 Å². The molecule has 0 amide bonds. The molecule has 0 nitrogen and oxygen atoms in total. The monoisotopic (exact) mass is 358 g/mol. The molecule has 2 aromatic carbocycles. The molecule has 0 aliphatic carbocycles. The van der Waals surface area contributed by atoms with E-state index >= 15 is 0 Å². The van der Waals surface area contributed by atoms with E-state index < -0.39 is 0 Å². The van der Waals surface area contributed by atoms with Crippen molar-refractivity contribution in [3.63, 3.8) is 0 Å². The summed E-state index contributed by atoms with van der Waals surface area (Å²) < 4.78 is 14.8. The summed E-state index contributed by atoms with van der Waals surface area (Å²) in [7, 11) is 0.